The monoisotopic (exact) mass is 215 g/mol. The summed E-state index contributed by atoms with van der Waals surface area (Å²) in [4.78, 5) is 11.4. The van der Waals surface area contributed by atoms with Gasteiger partial charge in [-0.2, -0.15) is 0 Å². The van der Waals surface area contributed by atoms with Gasteiger partial charge in [-0.05, 0) is 47.0 Å². The van der Waals surface area contributed by atoms with Crippen molar-refractivity contribution in [3.8, 4) is 0 Å². The molecule has 2 N–H and O–H groups in total. The van der Waals surface area contributed by atoms with Crippen LogP contribution in [-0.4, -0.2) is 28.4 Å². The Morgan fingerprint density at radius 3 is 2.53 bits per heavy atom. The number of carbonyl (C=O) groups excluding carboxylic acids is 1. The summed E-state index contributed by atoms with van der Waals surface area (Å²) in [6.07, 6.45) is 1.75. The van der Waals surface area contributed by atoms with E-state index < -0.39 is 17.3 Å². The van der Waals surface area contributed by atoms with E-state index in [-0.39, 0.29) is 6.04 Å². The molecule has 0 spiro atoms. The molecule has 1 aliphatic carbocycles. The molecule has 0 aliphatic heterocycles. The molecule has 0 aromatic carbocycles. The summed E-state index contributed by atoms with van der Waals surface area (Å²) in [5.41, 5.74) is -1.11. The van der Waals surface area contributed by atoms with E-state index in [4.69, 9.17) is 4.74 Å². The molecule has 0 heterocycles. The SMILES string of the molecule is CC(C)(C)OC(=O)N[C@@H]1CC[C@](C)(O)C1. The molecule has 1 amide bonds. The maximum absolute atomic E-state index is 11.4. The first kappa shape index (κ1) is 12.3. The molecule has 2 atom stereocenters. The third kappa shape index (κ3) is 4.51. The summed E-state index contributed by atoms with van der Waals surface area (Å²) < 4.78 is 5.14. The van der Waals surface area contributed by atoms with Gasteiger partial charge in [-0.25, -0.2) is 4.79 Å². The van der Waals surface area contributed by atoms with Crippen molar-refractivity contribution in [1.29, 1.82) is 0 Å². The molecule has 4 heteroatoms. The number of hydrogen-bond donors (Lipinski definition) is 2. The highest BCUT2D eigenvalue weighted by molar-refractivity contribution is 5.68. The Kier molecular flexibility index (Phi) is 3.28. The zero-order chi connectivity index (χ0) is 11.7. The lowest BCUT2D eigenvalue weighted by Crippen LogP contribution is -2.38. The standard InChI is InChI=1S/C11H21NO3/c1-10(2,3)15-9(13)12-8-5-6-11(4,14)7-8/h8,14H,5-7H2,1-4H3,(H,12,13)/t8-,11+/m1/s1. The van der Waals surface area contributed by atoms with E-state index in [1.807, 2.05) is 20.8 Å². The van der Waals surface area contributed by atoms with Gasteiger partial charge < -0.3 is 15.2 Å². The second-order valence-corrected chi connectivity index (χ2v) is 5.58. The lowest BCUT2D eigenvalue weighted by atomic mass is 10.1. The van der Waals surface area contributed by atoms with Crippen LogP contribution in [0.3, 0.4) is 0 Å². The summed E-state index contributed by atoms with van der Waals surface area (Å²) in [5, 5.41) is 12.5. The molecular weight excluding hydrogens is 194 g/mol. The molecule has 1 rings (SSSR count). The summed E-state index contributed by atoms with van der Waals surface area (Å²) in [6, 6.07) is 0.0369. The summed E-state index contributed by atoms with van der Waals surface area (Å²) >= 11 is 0. The molecule has 88 valence electrons. The van der Waals surface area contributed by atoms with Crippen LogP contribution in [-0.2, 0) is 4.74 Å². The van der Waals surface area contributed by atoms with Gasteiger partial charge in [0, 0.05) is 6.04 Å². The second kappa shape index (κ2) is 4.00. The molecule has 0 bridgehead atoms. The Hall–Kier alpha value is -0.770. The minimum atomic E-state index is -0.639. The van der Waals surface area contributed by atoms with Crippen molar-refractivity contribution < 1.29 is 14.6 Å². The van der Waals surface area contributed by atoms with Crippen LogP contribution in [0.1, 0.15) is 47.0 Å². The Balaban J connectivity index is 2.34. The highest BCUT2D eigenvalue weighted by Crippen LogP contribution is 2.29. The van der Waals surface area contributed by atoms with Crippen LogP contribution < -0.4 is 5.32 Å². The second-order valence-electron chi connectivity index (χ2n) is 5.58. The highest BCUT2D eigenvalue weighted by atomic mass is 16.6. The molecule has 0 saturated heterocycles. The minimum absolute atomic E-state index is 0.0369. The molecule has 15 heavy (non-hydrogen) atoms. The average Bonchev–Trinajstić information content (AvgIpc) is 2.25. The lowest BCUT2D eigenvalue weighted by Gasteiger charge is -2.22. The highest BCUT2D eigenvalue weighted by Gasteiger charge is 2.34. The van der Waals surface area contributed by atoms with Crippen LogP contribution in [0.4, 0.5) is 4.79 Å². The van der Waals surface area contributed by atoms with Crippen molar-refractivity contribution in [2.24, 2.45) is 0 Å². The largest absolute Gasteiger partial charge is 0.444 e. The molecule has 0 unspecified atom stereocenters. The molecule has 1 fully saturated rings. The smallest absolute Gasteiger partial charge is 0.407 e. The third-order valence-electron chi connectivity index (χ3n) is 2.44. The Labute approximate surface area is 91.0 Å². The quantitative estimate of drug-likeness (QED) is 0.701. The minimum Gasteiger partial charge on any atom is -0.444 e. The molecule has 0 aromatic rings. The summed E-state index contributed by atoms with van der Waals surface area (Å²) in [6.45, 7) is 7.29. The fourth-order valence-electron chi connectivity index (χ4n) is 1.82. The van der Waals surface area contributed by atoms with E-state index >= 15 is 0 Å². The van der Waals surface area contributed by atoms with Crippen LogP contribution in [0.5, 0.6) is 0 Å². The predicted octanol–water partition coefficient (Wildman–Crippen LogP) is 1.81. The van der Waals surface area contributed by atoms with Gasteiger partial charge in [-0.15, -0.1) is 0 Å². The van der Waals surface area contributed by atoms with E-state index in [0.717, 1.165) is 12.8 Å². The molecule has 0 radical (unpaired) electrons. The van der Waals surface area contributed by atoms with Crippen molar-refractivity contribution in [3.63, 3.8) is 0 Å². The molecule has 0 aromatic heterocycles. The first-order chi connectivity index (χ1) is 6.68. The average molecular weight is 215 g/mol. The maximum Gasteiger partial charge on any atom is 0.407 e. The number of rotatable bonds is 1. The van der Waals surface area contributed by atoms with Crippen LogP contribution in [0, 0.1) is 0 Å². The first-order valence-electron chi connectivity index (χ1n) is 5.40. The van der Waals surface area contributed by atoms with Crippen LogP contribution in [0.15, 0.2) is 0 Å². The van der Waals surface area contributed by atoms with Gasteiger partial charge in [0.1, 0.15) is 5.60 Å². The van der Waals surface area contributed by atoms with Crippen molar-refractivity contribution in [1.82, 2.24) is 5.32 Å². The van der Waals surface area contributed by atoms with E-state index in [1.165, 1.54) is 0 Å². The summed E-state index contributed by atoms with van der Waals surface area (Å²) in [5.74, 6) is 0. The Bertz CT molecular complexity index is 243. The summed E-state index contributed by atoms with van der Waals surface area (Å²) in [7, 11) is 0. The predicted molar refractivity (Wildman–Crippen MR) is 57.6 cm³/mol. The Morgan fingerprint density at radius 1 is 1.53 bits per heavy atom. The molecular formula is C11H21NO3. The van der Waals surface area contributed by atoms with Crippen molar-refractivity contribution >= 4 is 6.09 Å². The number of alkyl carbamates (subject to hydrolysis) is 1. The molecule has 1 aliphatic rings. The molecule has 4 nitrogen and oxygen atoms in total. The topological polar surface area (TPSA) is 58.6 Å². The van der Waals surface area contributed by atoms with Gasteiger partial charge in [-0.1, -0.05) is 0 Å². The van der Waals surface area contributed by atoms with E-state index in [1.54, 1.807) is 6.92 Å². The van der Waals surface area contributed by atoms with E-state index in [0.29, 0.717) is 6.42 Å². The van der Waals surface area contributed by atoms with Gasteiger partial charge in [-0.3, -0.25) is 0 Å². The third-order valence-corrected chi connectivity index (χ3v) is 2.44. The van der Waals surface area contributed by atoms with Gasteiger partial charge in [0.25, 0.3) is 0 Å². The lowest BCUT2D eigenvalue weighted by molar-refractivity contribution is 0.0471. The fourth-order valence-corrected chi connectivity index (χ4v) is 1.82. The van der Waals surface area contributed by atoms with Gasteiger partial charge >= 0.3 is 6.09 Å². The van der Waals surface area contributed by atoms with Gasteiger partial charge in [0.15, 0.2) is 0 Å². The van der Waals surface area contributed by atoms with Crippen molar-refractivity contribution in [3.05, 3.63) is 0 Å². The molecule has 1 saturated carbocycles. The number of carbonyl (C=O) groups is 1. The van der Waals surface area contributed by atoms with Crippen LogP contribution >= 0.6 is 0 Å². The van der Waals surface area contributed by atoms with Gasteiger partial charge in [0.05, 0.1) is 5.60 Å². The number of aliphatic hydroxyl groups is 1. The number of nitrogens with one attached hydrogen (secondary N) is 1. The number of amides is 1. The van der Waals surface area contributed by atoms with Crippen LogP contribution in [0.2, 0.25) is 0 Å². The maximum atomic E-state index is 11.4. The van der Waals surface area contributed by atoms with Crippen molar-refractivity contribution in [2.45, 2.75) is 64.2 Å². The van der Waals surface area contributed by atoms with E-state index in [9.17, 15) is 9.90 Å². The number of ether oxygens (including phenoxy) is 1. The first-order valence-corrected chi connectivity index (χ1v) is 5.40. The van der Waals surface area contributed by atoms with Gasteiger partial charge in [0.2, 0.25) is 0 Å². The normalized spacial score (nSPS) is 31.4. The van der Waals surface area contributed by atoms with Crippen LogP contribution in [0.25, 0.3) is 0 Å². The zero-order valence-corrected chi connectivity index (χ0v) is 9.96. The van der Waals surface area contributed by atoms with E-state index in [2.05, 4.69) is 5.32 Å². The fraction of sp³-hybridized carbons (Fsp3) is 0.909. The van der Waals surface area contributed by atoms with Crippen molar-refractivity contribution in [2.75, 3.05) is 0 Å². The Morgan fingerprint density at radius 2 is 2.13 bits per heavy atom. The zero-order valence-electron chi connectivity index (χ0n) is 9.96. The number of hydrogen-bond acceptors (Lipinski definition) is 3.